The third-order valence-electron chi connectivity index (χ3n) is 1.48. The first-order valence-corrected chi connectivity index (χ1v) is 4.73. The van der Waals surface area contributed by atoms with Gasteiger partial charge >= 0.3 is 5.97 Å². The van der Waals surface area contributed by atoms with Gasteiger partial charge in [-0.25, -0.2) is 9.78 Å². The Morgan fingerprint density at radius 2 is 2.33 bits per heavy atom. The first kappa shape index (κ1) is 11.9. The number of ether oxygens (including phenoxy) is 1. The standard InChI is InChI=1S/C7H4BrClN2O4/c1-15-7(12)6-5(9)3(11(13)14)2-4(8)10-6/h2H,1H3. The second-order valence-corrected chi connectivity index (χ2v) is 3.57. The van der Waals surface area contributed by atoms with Gasteiger partial charge in [0, 0.05) is 0 Å². The van der Waals surface area contributed by atoms with Gasteiger partial charge in [0.1, 0.15) is 4.60 Å². The Hall–Kier alpha value is -1.21. The number of nitrogens with zero attached hydrogens (tertiary/aromatic N) is 2. The molecule has 1 aromatic rings. The van der Waals surface area contributed by atoms with Crippen molar-refractivity contribution in [3.05, 3.63) is 31.5 Å². The number of rotatable bonds is 2. The molecule has 0 saturated heterocycles. The lowest BCUT2D eigenvalue weighted by Gasteiger charge is -2.02. The van der Waals surface area contributed by atoms with E-state index in [1.807, 2.05) is 0 Å². The fourth-order valence-corrected chi connectivity index (χ4v) is 1.49. The van der Waals surface area contributed by atoms with Crippen LogP contribution in [0.3, 0.4) is 0 Å². The molecule has 0 atom stereocenters. The van der Waals surface area contributed by atoms with E-state index in [1.54, 1.807) is 0 Å². The Bertz CT molecular complexity index is 437. The van der Waals surface area contributed by atoms with Crippen LogP contribution in [0.15, 0.2) is 10.7 Å². The van der Waals surface area contributed by atoms with Crippen molar-refractivity contribution in [1.82, 2.24) is 4.98 Å². The molecule has 0 aliphatic heterocycles. The fraction of sp³-hybridized carbons (Fsp3) is 0.143. The monoisotopic (exact) mass is 294 g/mol. The molecule has 0 saturated carbocycles. The molecule has 0 fully saturated rings. The van der Waals surface area contributed by atoms with E-state index in [1.165, 1.54) is 0 Å². The van der Waals surface area contributed by atoms with Gasteiger partial charge in [-0.3, -0.25) is 10.1 Å². The topological polar surface area (TPSA) is 82.3 Å². The highest BCUT2D eigenvalue weighted by Gasteiger charge is 2.23. The largest absolute Gasteiger partial charge is 0.464 e. The Labute approximate surface area is 97.5 Å². The molecule has 0 bridgehead atoms. The highest BCUT2D eigenvalue weighted by molar-refractivity contribution is 9.10. The highest BCUT2D eigenvalue weighted by atomic mass is 79.9. The molecule has 0 radical (unpaired) electrons. The van der Waals surface area contributed by atoms with Crippen LogP contribution in [0.2, 0.25) is 5.02 Å². The number of esters is 1. The molecule has 8 heteroatoms. The summed E-state index contributed by atoms with van der Waals surface area (Å²) in [6.07, 6.45) is 0. The van der Waals surface area contributed by atoms with Crippen molar-refractivity contribution in [2.75, 3.05) is 7.11 Å². The van der Waals surface area contributed by atoms with Crippen LogP contribution in [0.1, 0.15) is 10.5 Å². The van der Waals surface area contributed by atoms with Crippen molar-refractivity contribution >= 4 is 39.2 Å². The maximum absolute atomic E-state index is 11.1. The molecular weight excluding hydrogens is 291 g/mol. The Balaban J connectivity index is 3.41. The van der Waals surface area contributed by atoms with E-state index in [2.05, 4.69) is 25.7 Å². The second-order valence-electron chi connectivity index (χ2n) is 2.38. The number of hydrogen-bond acceptors (Lipinski definition) is 5. The van der Waals surface area contributed by atoms with Crippen LogP contribution in [0.25, 0.3) is 0 Å². The number of nitro groups is 1. The lowest BCUT2D eigenvalue weighted by atomic mass is 10.3. The van der Waals surface area contributed by atoms with E-state index in [0.29, 0.717) is 0 Å². The SMILES string of the molecule is COC(=O)c1nc(Br)cc([N+](=O)[O-])c1Cl. The van der Waals surface area contributed by atoms with Crippen molar-refractivity contribution < 1.29 is 14.5 Å². The molecule has 0 aliphatic rings. The summed E-state index contributed by atoms with van der Waals surface area (Å²) in [7, 11) is 1.13. The zero-order valence-corrected chi connectivity index (χ0v) is 9.70. The van der Waals surface area contributed by atoms with Crippen LogP contribution in [-0.4, -0.2) is 23.0 Å². The molecule has 80 valence electrons. The van der Waals surface area contributed by atoms with Gasteiger partial charge in [-0.1, -0.05) is 11.6 Å². The van der Waals surface area contributed by atoms with E-state index in [4.69, 9.17) is 11.6 Å². The average molecular weight is 295 g/mol. The summed E-state index contributed by atoms with van der Waals surface area (Å²) in [6.45, 7) is 0. The smallest absolute Gasteiger partial charge is 0.358 e. The Morgan fingerprint density at radius 3 is 2.80 bits per heavy atom. The van der Waals surface area contributed by atoms with Crippen LogP contribution in [-0.2, 0) is 4.74 Å². The summed E-state index contributed by atoms with van der Waals surface area (Å²) >= 11 is 8.55. The Morgan fingerprint density at radius 1 is 1.73 bits per heavy atom. The van der Waals surface area contributed by atoms with Crippen LogP contribution < -0.4 is 0 Å². The number of halogens is 2. The van der Waals surface area contributed by atoms with Gasteiger partial charge in [0.25, 0.3) is 5.69 Å². The molecule has 15 heavy (non-hydrogen) atoms. The van der Waals surface area contributed by atoms with Gasteiger partial charge in [0.2, 0.25) is 0 Å². The molecule has 1 rings (SSSR count). The average Bonchev–Trinajstić information content (AvgIpc) is 2.19. The summed E-state index contributed by atoms with van der Waals surface area (Å²) in [4.78, 5) is 24.7. The number of carbonyl (C=O) groups excluding carboxylic acids is 1. The molecular formula is C7H4BrClN2O4. The zero-order valence-electron chi connectivity index (χ0n) is 7.36. The molecule has 6 nitrogen and oxygen atoms in total. The van der Waals surface area contributed by atoms with Crippen molar-refractivity contribution in [3.63, 3.8) is 0 Å². The minimum atomic E-state index is -0.829. The van der Waals surface area contributed by atoms with E-state index < -0.39 is 16.6 Å². The van der Waals surface area contributed by atoms with E-state index in [-0.39, 0.29) is 15.3 Å². The number of pyridine rings is 1. The maximum Gasteiger partial charge on any atom is 0.358 e. The number of carbonyl (C=O) groups is 1. The second kappa shape index (κ2) is 4.54. The zero-order chi connectivity index (χ0) is 11.6. The summed E-state index contributed by atoms with van der Waals surface area (Å²) in [5.74, 6) is -0.829. The van der Waals surface area contributed by atoms with Crippen LogP contribution >= 0.6 is 27.5 Å². The molecule has 0 amide bonds. The lowest BCUT2D eigenvalue weighted by Crippen LogP contribution is -2.07. The van der Waals surface area contributed by atoms with Gasteiger partial charge in [-0.05, 0) is 15.9 Å². The first-order chi connectivity index (χ1) is 6.97. The minimum Gasteiger partial charge on any atom is -0.464 e. The predicted molar refractivity (Wildman–Crippen MR) is 54.9 cm³/mol. The van der Waals surface area contributed by atoms with Gasteiger partial charge in [0.05, 0.1) is 18.1 Å². The summed E-state index contributed by atoms with van der Waals surface area (Å²) < 4.78 is 4.52. The van der Waals surface area contributed by atoms with Crippen LogP contribution in [0, 0.1) is 10.1 Å². The van der Waals surface area contributed by atoms with Crippen LogP contribution in [0.4, 0.5) is 5.69 Å². The van der Waals surface area contributed by atoms with Crippen LogP contribution in [0.5, 0.6) is 0 Å². The van der Waals surface area contributed by atoms with E-state index in [0.717, 1.165) is 13.2 Å². The summed E-state index contributed by atoms with van der Waals surface area (Å²) in [5, 5.41) is 10.2. The van der Waals surface area contributed by atoms with E-state index >= 15 is 0 Å². The van der Waals surface area contributed by atoms with E-state index in [9.17, 15) is 14.9 Å². The van der Waals surface area contributed by atoms with Crippen molar-refractivity contribution in [3.8, 4) is 0 Å². The maximum atomic E-state index is 11.1. The molecule has 0 unspecified atom stereocenters. The molecule has 0 aromatic carbocycles. The third kappa shape index (κ3) is 2.42. The molecule has 0 aliphatic carbocycles. The first-order valence-electron chi connectivity index (χ1n) is 3.56. The van der Waals surface area contributed by atoms with Crippen molar-refractivity contribution in [1.29, 1.82) is 0 Å². The summed E-state index contributed by atoms with van der Waals surface area (Å²) in [5.41, 5.74) is -0.695. The molecule has 1 aromatic heterocycles. The van der Waals surface area contributed by atoms with Gasteiger partial charge in [0.15, 0.2) is 10.7 Å². The number of methoxy groups -OCH3 is 1. The predicted octanol–water partition coefficient (Wildman–Crippen LogP) is 2.19. The van der Waals surface area contributed by atoms with Gasteiger partial charge in [-0.15, -0.1) is 0 Å². The molecule has 1 heterocycles. The fourth-order valence-electron chi connectivity index (χ4n) is 0.850. The number of hydrogen-bond donors (Lipinski definition) is 0. The normalized spacial score (nSPS) is 9.80. The number of aromatic nitrogens is 1. The molecule has 0 N–H and O–H groups in total. The van der Waals surface area contributed by atoms with Gasteiger partial charge in [-0.2, -0.15) is 0 Å². The quantitative estimate of drug-likeness (QED) is 0.361. The summed E-state index contributed by atoms with van der Waals surface area (Å²) in [6, 6.07) is 1.11. The minimum absolute atomic E-state index is 0.138. The Kier molecular flexibility index (Phi) is 3.59. The highest BCUT2D eigenvalue weighted by Crippen LogP contribution is 2.29. The lowest BCUT2D eigenvalue weighted by molar-refractivity contribution is -0.384. The van der Waals surface area contributed by atoms with Gasteiger partial charge < -0.3 is 4.74 Å². The van der Waals surface area contributed by atoms with Crippen molar-refractivity contribution in [2.24, 2.45) is 0 Å². The molecule has 0 spiro atoms. The third-order valence-corrected chi connectivity index (χ3v) is 2.26. The van der Waals surface area contributed by atoms with Crippen molar-refractivity contribution in [2.45, 2.75) is 0 Å².